The lowest BCUT2D eigenvalue weighted by Gasteiger charge is -2.22. The van der Waals surface area contributed by atoms with Gasteiger partial charge in [-0.1, -0.05) is 0 Å². The van der Waals surface area contributed by atoms with Gasteiger partial charge in [-0.15, -0.1) is 0 Å². The molecule has 0 aliphatic heterocycles. The minimum absolute atomic E-state index is 0.378. The van der Waals surface area contributed by atoms with E-state index < -0.39 is 6.10 Å². The molecule has 0 saturated heterocycles. The van der Waals surface area contributed by atoms with Crippen molar-refractivity contribution < 1.29 is 5.11 Å². The highest BCUT2D eigenvalue weighted by molar-refractivity contribution is 5.30. The summed E-state index contributed by atoms with van der Waals surface area (Å²) in [6.45, 7) is 2.24. The zero-order valence-corrected chi connectivity index (χ0v) is 8.32. The molecule has 14 heavy (non-hydrogen) atoms. The Labute approximate surface area is 83.2 Å². The topological polar surface area (TPSA) is 72.0 Å². The van der Waals surface area contributed by atoms with Gasteiger partial charge in [0.2, 0.25) is 0 Å². The van der Waals surface area contributed by atoms with Gasteiger partial charge in [-0.2, -0.15) is 0 Å². The van der Waals surface area contributed by atoms with E-state index in [1.54, 1.807) is 0 Å². The molecule has 1 aromatic rings. The predicted molar refractivity (Wildman–Crippen MR) is 52.6 cm³/mol. The summed E-state index contributed by atoms with van der Waals surface area (Å²) in [5.41, 5.74) is 8.27. The summed E-state index contributed by atoms with van der Waals surface area (Å²) in [6, 6.07) is 0. The maximum atomic E-state index is 9.83. The summed E-state index contributed by atoms with van der Waals surface area (Å²) in [4.78, 5) is 8.61. The molecule has 0 amide bonds. The zero-order chi connectivity index (χ0) is 10.1. The highest BCUT2D eigenvalue weighted by atomic mass is 16.3. The molecule has 76 valence electrons. The molecule has 0 saturated carbocycles. The van der Waals surface area contributed by atoms with Crippen LogP contribution in [0.1, 0.15) is 41.7 Å². The van der Waals surface area contributed by atoms with Crippen LogP contribution in [0.15, 0.2) is 0 Å². The number of nitrogens with two attached hydrogens (primary N) is 1. The van der Waals surface area contributed by atoms with Crippen LogP contribution >= 0.6 is 0 Å². The molecule has 1 heterocycles. The molecule has 0 spiro atoms. The molecule has 4 heteroatoms. The van der Waals surface area contributed by atoms with Crippen molar-refractivity contribution in [3.05, 3.63) is 22.8 Å². The number of hydrogen-bond acceptors (Lipinski definition) is 4. The molecule has 0 fully saturated rings. The summed E-state index contributed by atoms with van der Waals surface area (Å²) < 4.78 is 0. The summed E-state index contributed by atoms with van der Waals surface area (Å²) >= 11 is 0. The standard InChI is InChI=1S/C10H15N3O/c1-6-12-7-3-2-4-9(14)10(7)8(5-11)13-6/h9,14H,2-5,11H2,1H3. The molecule has 1 aliphatic carbocycles. The highest BCUT2D eigenvalue weighted by Crippen LogP contribution is 2.30. The number of aliphatic hydroxyl groups excluding tert-OH is 1. The number of hydrogen-bond donors (Lipinski definition) is 2. The summed E-state index contributed by atoms with van der Waals surface area (Å²) in [5, 5.41) is 9.83. The van der Waals surface area contributed by atoms with Gasteiger partial charge in [-0.25, -0.2) is 9.97 Å². The molecule has 1 aromatic heterocycles. The van der Waals surface area contributed by atoms with E-state index in [9.17, 15) is 5.11 Å². The first-order valence-corrected chi connectivity index (χ1v) is 4.96. The van der Waals surface area contributed by atoms with E-state index in [1.807, 2.05) is 6.92 Å². The van der Waals surface area contributed by atoms with Gasteiger partial charge in [-0.3, -0.25) is 0 Å². The van der Waals surface area contributed by atoms with Crippen LogP contribution in [-0.4, -0.2) is 15.1 Å². The number of aromatic nitrogens is 2. The Morgan fingerprint density at radius 1 is 1.50 bits per heavy atom. The Hall–Kier alpha value is -1.00. The smallest absolute Gasteiger partial charge is 0.125 e. The first-order valence-electron chi connectivity index (χ1n) is 4.96. The van der Waals surface area contributed by atoms with Crippen molar-refractivity contribution in [1.29, 1.82) is 0 Å². The second-order valence-electron chi connectivity index (χ2n) is 3.69. The molecule has 0 radical (unpaired) electrons. The van der Waals surface area contributed by atoms with Crippen LogP contribution in [0.2, 0.25) is 0 Å². The molecule has 0 aromatic carbocycles. The van der Waals surface area contributed by atoms with Crippen molar-refractivity contribution in [2.75, 3.05) is 0 Å². The third kappa shape index (κ3) is 1.51. The lowest BCUT2D eigenvalue weighted by molar-refractivity contribution is 0.153. The van der Waals surface area contributed by atoms with Gasteiger partial charge in [-0.05, 0) is 26.2 Å². The SMILES string of the molecule is Cc1nc(CN)c2c(n1)CCCC2O. The quantitative estimate of drug-likeness (QED) is 0.685. The Morgan fingerprint density at radius 3 is 3.00 bits per heavy atom. The van der Waals surface area contributed by atoms with E-state index >= 15 is 0 Å². The van der Waals surface area contributed by atoms with Gasteiger partial charge in [0, 0.05) is 12.1 Å². The zero-order valence-electron chi connectivity index (χ0n) is 8.32. The van der Waals surface area contributed by atoms with Crippen LogP contribution in [0.4, 0.5) is 0 Å². The fourth-order valence-electron chi connectivity index (χ4n) is 2.04. The fourth-order valence-corrected chi connectivity index (χ4v) is 2.04. The summed E-state index contributed by atoms with van der Waals surface area (Å²) in [5.74, 6) is 0.748. The van der Waals surface area contributed by atoms with E-state index in [0.717, 1.165) is 42.0 Å². The molecular weight excluding hydrogens is 178 g/mol. The van der Waals surface area contributed by atoms with Crippen molar-refractivity contribution in [2.24, 2.45) is 5.73 Å². The highest BCUT2D eigenvalue weighted by Gasteiger charge is 2.23. The molecule has 4 nitrogen and oxygen atoms in total. The van der Waals surface area contributed by atoms with Crippen molar-refractivity contribution >= 4 is 0 Å². The monoisotopic (exact) mass is 193 g/mol. The van der Waals surface area contributed by atoms with Crippen LogP contribution in [-0.2, 0) is 13.0 Å². The molecular formula is C10H15N3O. The van der Waals surface area contributed by atoms with Crippen LogP contribution in [0.5, 0.6) is 0 Å². The van der Waals surface area contributed by atoms with Gasteiger partial charge >= 0.3 is 0 Å². The number of fused-ring (bicyclic) bond motifs is 1. The number of aliphatic hydroxyl groups is 1. The largest absolute Gasteiger partial charge is 0.388 e. The maximum Gasteiger partial charge on any atom is 0.125 e. The molecule has 2 rings (SSSR count). The van der Waals surface area contributed by atoms with Gasteiger partial charge in [0.15, 0.2) is 0 Å². The van der Waals surface area contributed by atoms with Gasteiger partial charge in [0.05, 0.1) is 17.5 Å². The number of aryl methyl sites for hydroxylation is 2. The van der Waals surface area contributed by atoms with Crippen molar-refractivity contribution in [2.45, 2.75) is 38.8 Å². The molecule has 1 unspecified atom stereocenters. The van der Waals surface area contributed by atoms with Gasteiger partial charge in [0.1, 0.15) is 5.82 Å². The number of rotatable bonds is 1. The first-order chi connectivity index (χ1) is 6.72. The third-order valence-corrected chi connectivity index (χ3v) is 2.63. The van der Waals surface area contributed by atoms with E-state index in [0.29, 0.717) is 6.54 Å². The van der Waals surface area contributed by atoms with Gasteiger partial charge < -0.3 is 10.8 Å². The van der Waals surface area contributed by atoms with E-state index in [1.165, 1.54) is 0 Å². The van der Waals surface area contributed by atoms with Crippen LogP contribution < -0.4 is 5.73 Å². The third-order valence-electron chi connectivity index (χ3n) is 2.63. The molecule has 3 N–H and O–H groups in total. The van der Waals surface area contributed by atoms with Crippen molar-refractivity contribution in [1.82, 2.24) is 9.97 Å². The minimum atomic E-state index is -0.419. The average Bonchev–Trinajstić information content (AvgIpc) is 2.16. The molecule has 0 bridgehead atoms. The van der Waals surface area contributed by atoms with Crippen molar-refractivity contribution in [3.63, 3.8) is 0 Å². The fraction of sp³-hybridized carbons (Fsp3) is 0.600. The second-order valence-corrected chi connectivity index (χ2v) is 3.69. The van der Waals surface area contributed by atoms with Crippen LogP contribution in [0.25, 0.3) is 0 Å². The Bertz CT molecular complexity index is 334. The van der Waals surface area contributed by atoms with E-state index in [2.05, 4.69) is 9.97 Å². The normalized spacial score (nSPS) is 20.6. The lowest BCUT2D eigenvalue weighted by atomic mass is 9.92. The predicted octanol–water partition coefficient (Wildman–Crippen LogP) is 0.613. The number of nitrogens with zero attached hydrogens (tertiary/aromatic N) is 2. The summed E-state index contributed by atoms with van der Waals surface area (Å²) in [6.07, 6.45) is 2.31. The maximum absolute atomic E-state index is 9.83. The van der Waals surface area contributed by atoms with E-state index in [4.69, 9.17) is 5.73 Å². The van der Waals surface area contributed by atoms with Gasteiger partial charge in [0.25, 0.3) is 0 Å². The van der Waals surface area contributed by atoms with Crippen LogP contribution in [0.3, 0.4) is 0 Å². The first kappa shape index (κ1) is 9.55. The van der Waals surface area contributed by atoms with Crippen molar-refractivity contribution in [3.8, 4) is 0 Å². The Balaban J connectivity index is 2.55. The second kappa shape index (κ2) is 3.63. The molecule has 1 aliphatic rings. The Morgan fingerprint density at radius 2 is 2.29 bits per heavy atom. The van der Waals surface area contributed by atoms with Crippen LogP contribution in [0, 0.1) is 6.92 Å². The minimum Gasteiger partial charge on any atom is -0.388 e. The lowest BCUT2D eigenvalue weighted by Crippen LogP contribution is -2.18. The summed E-state index contributed by atoms with van der Waals surface area (Å²) in [7, 11) is 0. The Kier molecular flexibility index (Phi) is 2.48. The molecule has 1 atom stereocenters. The average molecular weight is 193 g/mol. The van der Waals surface area contributed by atoms with E-state index in [-0.39, 0.29) is 0 Å².